The van der Waals surface area contributed by atoms with Crippen LogP contribution in [0.1, 0.15) is 39.5 Å². The molecule has 2 rings (SSSR count). The highest BCUT2D eigenvalue weighted by atomic mass is 16.5. The van der Waals surface area contributed by atoms with E-state index in [1.165, 1.54) is 32.2 Å². The predicted octanol–water partition coefficient (Wildman–Crippen LogP) is 1.87. The van der Waals surface area contributed by atoms with Crippen LogP contribution >= 0.6 is 0 Å². The summed E-state index contributed by atoms with van der Waals surface area (Å²) in [6, 6.07) is 2.22. The first-order chi connectivity index (χ1) is 8.26. The molecule has 0 saturated carbocycles. The zero-order valence-corrected chi connectivity index (χ0v) is 11.6. The predicted molar refractivity (Wildman–Crippen MR) is 71.3 cm³/mol. The second kappa shape index (κ2) is 6.17. The third kappa shape index (κ3) is 3.01. The Hall–Kier alpha value is -0.120. The number of nitrogens with one attached hydrogen (secondary N) is 1. The van der Waals surface area contributed by atoms with Crippen LogP contribution in [-0.4, -0.2) is 49.8 Å². The molecular weight excluding hydrogens is 212 g/mol. The van der Waals surface area contributed by atoms with Crippen molar-refractivity contribution in [2.75, 3.05) is 26.8 Å². The molecule has 17 heavy (non-hydrogen) atoms. The maximum absolute atomic E-state index is 5.66. The van der Waals surface area contributed by atoms with Gasteiger partial charge < -0.3 is 10.1 Å². The molecule has 0 spiro atoms. The summed E-state index contributed by atoms with van der Waals surface area (Å²) in [5.41, 5.74) is 0. The summed E-state index contributed by atoms with van der Waals surface area (Å²) in [4.78, 5) is 2.73. The van der Waals surface area contributed by atoms with Crippen molar-refractivity contribution in [1.29, 1.82) is 0 Å². The molecule has 2 heterocycles. The standard InChI is InChI=1S/C14H28N2O/c1-4-13-6-5-11(2)16(13)9-12-10-17-8-7-14(12)15-3/h11-15H,4-10H2,1-3H3. The van der Waals surface area contributed by atoms with E-state index in [0.29, 0.717) is 12.0 Å². The molecule has 4 unspecified atom stereocenters. The first-order valence-electron chi connectivity index (χ1n) is 7.27. The minimum atomic E-state index is 0.647. The average Bonchev–Trinajstić information content (AvgIpc) is 2.71. The highest BCUT2D eigenvalue weighted by molar-refractivity contribution is 4.89. The number of hydrogen-bond acceptors (Lipinski definition) is 3. The monoisotopic (exact) mass is 240 g/mol. The van der Waals surface area contributed by atoms with Gasteiger partial charge in [0.2, 0.25) is 0 Å². The molecule has 0 bridgehead atoms. The molecule has 2 saturated heterocycles. The smallest absolute Gasteiger partial charge is 0.0521 e. The molecule has 2 aliphatic rings. The average molecular weight is 240 g/mol. The van der Waals surface area contributed by atoms with Crippen LogP contribution in [0.15, 0.2) is 0 Å². The number of rotatable bonds is 4. The molecule has 2 aliphatic heterocycles. The molecular formula is C14H28N2O. The van der Waals surface area contributed by atoms with E-state index in [-0.39, 0.29) is 0 Å². The summed E-state index contributed by atoms with van der Waals surface area (Å²) in [5, 5.41) is 3.47. The topological polar surface area (TPSA) is 24.5 Å². The molecule has 1 N–H and O–H groups in total. The van der Waals surface area contributed by atoms with Gasteiger partial charge in [0.05, 0.1) is 6.61 Å². The fourth-order valence-corrected chi connectivity index (χ4v) is 3.52. The zero-order chi connectivity index (χ0) is 12.3. The Morgan fingerprint density at radius 1 is 1.29 bits per heavy atom. The van der Waals surface area contributed by atoms with Gasteiger partial charge in [-0.3, -0.25) is 4.90 Å². The van der Waals surface area contributed by atoms with Gasteiger partial charge in [-0.1, -0.05) is 6.92 Å². The SMILES string of the molecule is CCC1CCC(C)N1CC1COCCC1NC. The number of likely N-dealkylation sites (tertiary alicyclic amines) is 1. The summed E-state index contributed by atoms with van der Waals surface area (Å²) in [7, 11) is 2.09. The van der Waals surface area contributed by atoms with Gasteiger partial charge in [-0.2, -0.15) is 0 Å². The van der Waals surface area contributed by atoms with Crippen molar-refractivity contribution in [3.05, 3.63) is 0 Å². The number of ether oxygens (including phenoxy) is 1. The molecule has 100 valence electrons. The van der Waals surface area contributed by atoms with Gasteiger partial charge in [-0.05, 0) is 39.7 Å². The summed E-state index contributed by atoms with van der Waals surface area (Å²) in [5.74, 6) is 0.670. The Kier molecular flexibility index (Phi) is 4.83. The molecule has 4 atom stereocenters. The van der Waals surface area contributed by atoms with E-state index < -0.39 is 0 Å². The highest BCUT2D eigenvalue weighted by Crippen LogP contribution is 2.28. The maximum atomic E-state index is 5.66. The van der Waals surface area contributed by atoms with Gasteiger partial charge in [0.25, 0.3) is 0 Å². The summed E-state index contributed by atoms with van der Waals surface area (Å²) < 4.78 is 5.66. The van der Waals surface area contributed by atoms with Gasteiger partial charge in [0.15, 0.2) is 0 Å². The summed E-state index contributed by atoms with van der Waals surface area (Å²) in [6.07, 6.45) is 5.22. The van der Waals surface area contributed by atoms with Crippen molar-refractivity contribution >= 4 is 0 Å². The van der Waals surface area contributed by atoms with Crippen LogP contribution in [0.2, 0.25) is 0 Å². The molecule has 3 heteroatoms. The van der Waals surface area contributed by atoms with Crippen molar-refractivity contribution < 1.29 is 4.74 Å². The lowest BCUT2D eigenvalue weighted by molar-refractivity contribution is 0.0113. The minimum Gasteiger partial charge on any atom is -0.381 e. The molecule has 0 amide bonds. The molecule has 0 aromatic heterocycles. The highest BCUT2D eigenvalue weighted by Gasteiger charge is 2.34. The number of hydrogen-bond donors (Lipinski definition) is 1. The van der Waals surface area contributed by atoms with Gasteiger partial charge >= 0.3 is 0 Å². The van der Waals surface area contributed by atoms with Crippen molar-refractivity contribution in [3.8, 4) is 0 Å². The third-order valence-electron chi connectivity index (χ3n) is 4.71. The zero-order valence-electron chi connectivity index (χ0n) is 11.6. The fraction of sp³-hybridized carbons (Fsp3) is 1.00. The Morgan fingerprint density at radius 3 is 2.82 bits per heavy atom. The normalized spacial score (nSPS) is 39.7. The molecule has 0 radical (unpaired) electrons. The second-order valence-electron chi connectivity index (χ2n) is 5.70. The number of nitrogens with zero attached hydrogens (tertiary/aromatic N) is 1. The lowest BCUT2D eigenvalue weighted by Crippen LogP contribution is -2.48. The maximum Gasteiger partial charge on any atom is 0.0521 e. The van der Waals surface area contributed by atoms with E-state index in [9.17, 15) is 0 Å². The Morgan fingerprint density at radius 2 is 2.12 bits per heavy atom. The summed E-state index contributed by atoms with van der Waals surface area (Å²) >= 11 is 0. The van der Waals surface area contributed by atoms with Crippen molar-refractivity contribution in [1.82, 2.24) is 10.2 Å². The van der Waals surface area contributed by atoms with Crippen LogP contribution in [0, 0.1) is 5.92 Å². The molecule has 0 aromatic rings. The van der Waals surface area contributed by atoms with Crippen LogP contribution in [-0.2, 0) is 4.74 Å². The quantitative estimate of drug-likeness (QED) is 0.812. The van der Waals surface area contributed by atoms with Crippen molar-refractivity contribution in [2.45, 2.75) is 57.7 Å². The molecule has 2 fully saturated rings. The van der Waals surface area contributed by atoms with Crippen molar-refractivity contribution in [2.24, 2.45) is 5.92 Å². The van der Waals surface area contributed by atoms with E-state index in [2.05, 4.69) is 31.1 Å². The van der Waals surface area contributed by atoms with E-state index in [0.717, 1.165) is 25.3 Å². The van der Waals surface area contributed by atoms with Crippen LogP contribution in [0.5, 0.6) is 0 Å². The van der Waals surface area contributed by atoms with Gasteiger partial charge in [-0.25, -0.2) is 0 Å². The van der Waals surface area contributed by atoms with Crippen molar-refractivity contribution in [3.63, 3.8) is 0 Å². The Bertz CT molecular complexity index is 234. The van der Waals surface area contributed by atoms with Gasteiger partial charge in [0.1, 0.15) is 0 Å². The third-order valence-corrected chi connectivity index (χ3v) is 4.71. The summed E-state index contributed by atoms with van der Waals surface area (Å²) in [6.45, 7) is 7.78. The molecule has 3 nitrogen and oxygen atoms in total. The first kappa shape index (κ1) is 13.3. The van der Waals surface area contributed by atoms with Crippen LogP contribution in [0.25, 0.3) is 0 Å². The lowest BCUT2D eigenvalue weighted by Gasteiger charge is -2.37. The van der Waals surface area contributed by atoms with Gasteiger partial charge in [-0.15, -0.1) is 0 Å². The fourth-order valence-electron chi connectivity index (χ4n) is 3.52. The van der Waals surface area contributed by atoms with Gasteiger partial charge in [0, 0.05) is 37.2 Å². The Labute approximate surface area is 106 Å². The first-order valence-corrected chi connectivity index (χ1v) is 7.27. The molecule has 0 aliphatic carbocycles. The van der Waals surface area contributed by atoms with Crippen LogP contribution in [0.4, 0.5) is 0 Å². The van der Waals surface area contributed by atoms with Crippen LogP contribution in [0.3, 0.4) is 0 Å². The second-order valence-corrected chi connectivity index (χ2v) is 5.70. The minimum absolute atomic E-state index is 0.647. The lowest BCUT2D eigenvalue weighted by atomic mass is 9.94. The largest absolute Gasteiger partial charge is 0.381 e. The van der Waals surface area contributed by atoms with E-state index in [4.69, 9.17) is 4.74 Å². The van der Waals surface area contributed by atoms with E-state index in [1.807, 2.05) is 0 Å². The Balaban J connectivity index is 1.93. The van der Waals surface area contributed by atoms with E-state index >= 15 is 0 Å². The molecule has 0 aromatic carbocycles. The van der Waals surface area contributed by atoms with E-state index in [1.54, 1.807) is 0 Å². The van der Waals surface area contributed by atoms with Crippen LogP contribution < -0.4 is 5.32 Å².